The minimum absolute atomic E-state index is 0.234. The molecular formula is C14H8BrCl2N3O. The van der Waals surface area contributed by atoms with Gasteiger partial charge in [-0.05, 0) is 36.4 Å². The van der Waals surface area contributed by atoms with Crippen LogP contribution >= 0.6 is 39.1 Å². The summed E-state index contributed by atoms with van der Waals surface area (Å²) >= 11 is 15.5. The van der Waals surface area contributed by atoms with E-state index in [0.29, 0.717) is 27.1 Å². The van der Waals surface area contributed by atoms with E-state index < -0.39 is 0 Å². The molecule has 0 atom stereocenters. The maximum absolute atomic E-state index is 6.14. The van der Waals surface area contributed by atoms with Gasteiger partial charge in [0.05, 0.1) is 21.3 Å². The van der Waals surface area contributed by atoms with Crippen LogP contribution in [0, 0.1) is 0 Å². The fraction of sp³-hybridized carbons (Fsp3) is 0. The van der Waals surface area contributed by atoms with Gasteiger partial charge in [0.2, 0.25) is 5.82 Å². The Morgan fingerprint density at radius 3 is 2.38 bits per heavy atom. The third-order valence-electron chi connectivity index (χ3n) is 2.88. The van der Waals surface area contributed by atoms with Crippen LogP contribution in [0.1, 0.15) is 0 Å². The topological polar surface area (TPSA) is 64.9 Å². The molecule has 0 aliphatic carbocycles. The summed E-state index contributed by atoms with van der Waals surface area (Å²) in [6.45, 7) is 0. The summed E-state index contributed by atoms with van der Waals surface area (Å²) in [6.07, 6.45) is 0. The molecule has 0 amide bonds. The van der Waals surface area contributed by atoms with Gasteiger partial charge < -0.3 is 10.3 Å². The zero-order valence-corrected chi connectivity index (χ0v) is 13.6. The molecule has 3 rings (SSSR count). The second-order valence-electron chi connectivity index (χ2n) is 4.25. The first-order chi connectivity index (χ1) is 10.1. The Balaban J connectivity index is 2.07. The molecule has 2 N–H and O–H groups in total. The predicted molar refractivity (Wildman–Crippen MR) is 87.3 cm³/mol. The van der Waals surface area contributed by atoms with Gasteiger partial charge in [-0.15, -0.1) is 0 Å². The van der Waals surface area contributed by atoms with E-state index in [1.54, 1.807) is 12.1 Å². The highest BCUT2D eigenvalue weighted by molar-refractivity contribution is 9.10. The van der Waals surface area contributed by atoms with Crippen molar-refractivity contribution in [3.8, 4) is 22.8 Å². The molecule has 0 fully saturated rings. The summed E-state index contributed by atoms with van der Waals surface area (Å²) in [6, 6.07) is 10.8. The summed E-state index contributed by atoms with van der Waals surface area (Å²) < 4.78 is 6.23. The van der Waals surface area contributed by atoms with E-state index >= 15 is 0 Å². The molecule has 0 bridgehead atoms. The molecule has 0 saturated heterocycles. The van der Waals surface area contributed by atoms with Crippen molar-refractivity contribution in [3.63, 3.8) is 0 Å². The van der Waals surface area contributed by atoms with Crippen LogP contribution in [0.25, 0.3) is 22.8 Å². The Labute approximate surface area is 139 Å². The monoisotopic (exact) mass is 383 g/mol. The number of aromatic nitrogens is 2. The van der Waals surface area contributed by atoms with E-state index in [1.807, 2.05) is 24.3 Å². The van der Waals surface area contributed by atoms with Gasteiger partial charge in [-0.2, -0.15) is 4.98 Å². The molecule has 0 spiro atoms. The number of benzene rings is 2. The van der Waals surface area contributed by atoms with Crippen molar-refractivity contribution >= 4 is 44.8 Å². The number of hydrogen-bond donors (Lipinski definition) is 1. The van der Waals surface area contributed by atoms with Crippen LogP contribution in [0.3, 0.4) is 0 Å². The second kappa shape index (κ2) is 5.67. The minimum Gasteiger partial charge on any atom is -0.397 e. The largest absolute Gasteiger partial charge is 0.397 e. The molecule has 0 radical (unpaired) electrons. The molecule has 2 aromatic carbocycles. The van der Waals surface area contributed by atoms with Crippen LogP contribution in [0.2, 0.25) is 10.0 Å². The van der Waals surface area contributed by atoms with Gasteiger partial charge in [-0.1, -0.05) is 44.3 Å². The molecule has 0 aliphatic heterocycles. The van der Waals surface area contributed by atoms with Crippen LogP contribution in [0.15, 0.2) is 45.4 Å². The van der Waals surface area contributed by atoms with E-state index in [9.17, 15) is 0 Å². The number of anilines is 1. The van der Waals surface area contributed by atoms with Crippen LogP contribution in [-0.4, -0.2) is 10.1 Å². The number of rotatable bonds is 2. The number of nitrogens with two attached hydrogens (primary N) is 1. The highest BCUT2D eigenvalue weighted by Gasteiger charge is 2.18. The Hall–Kier alpha value is -1.56. The second-order valence-corrected chi connectivity index (χ2v) is 5.98. The molecule has 7 heteroatoms. The van der Waals surface area contributed by atoms with Crippen molar-refractivity contribution in [1.29, 1.82) is 0 Å². The summed E-state index contributed by atoms with van der Waals surface area (Å²) in [7, 11) is 0. The summed E-state index contributed by atoms with van der Waals surface area (Å²) in [5.74, 6) is 0.686. The minimum atomic E-state index is 0.234. The SMILES string of the molecule is Nc1c(Cl)ccc(Cl)c1-c1nc(-c2ccc(Br)cc2)no1. The highest BCUT2D eigenvalue weighted by atomic mass is 79.9. The van der Waals surface area contributed by atoms with Crippen LogP contribution in [0.5, 0.6) is 0 Å². The van der Waals surface area contributed by atoms with E-state index in [1.165, 1.54) is 0 Å². The van der Waals surface area contributed by atoms with Crippen molar-refractivity contribution in [3.05, 3.63) is 50.9 Å². The zero-order chi connectivity index (χ0) is 15.0. The lowest BCUT2D eigenvalue weighted by molar-refractivity contribution is 0.432. The van der Waals surface area contributed by atoms with Crippen molar-refractivity contribution < 1.29 is 4.52 Å². The summed E-state index contributed by atoms with van der Waals surface area (Å²) in [4.78, 5) is 4.33. The number of nitrogen functional groups attached to an aromatic ring is 1. The van der Waals surface area contributed by atoms with Crippen molar-refractivity contribution in [1.82, 2.24) is 10.1 Å². The summed E-state index contributed by atoms with van der Waals surface area (Å²) in [5.41, 5.74) is 7.52. The molecule has 0 saturated carbocycles. The average molecular weight is 385 g/mol. The van der Waals surface area contributed by atoms with Gasteiger partial charge in [0.1, 0.15) is 0 Å². The molecular weight excluding hydrogens is 377 g/mol. The Bertz CT molecular complexity index is 802. The molecule has 21 heavy (non-hydrogen) atoms. The van der Waals surface area contributed by atoms with Gasteiger partial charge in [0, 0.05) is 10.0 Å². The molecule has 0 unspecified atom stereocenters. The fourth-order valence-corrected chi connectivity index (χ4v) is 2.49. The number of hydrogen-bond acceptors (Lipinski definition) is 4. The van der Waals surface area contributed by atoms with Crippen molar-refractivity contribution in [2.24, 2.45) is 0 Å². The summed E-state index contributed by atoms with van der Waals surface area (Å²) in [5, 5.41) is 4.74. The molecule has 3 aromatic rings. The molecule has 1 aromatic heterocycles. The maximum atomic E-state index is 6.14. The molecule has 0 aliphatic rings. The lowest BCUT2D eigenvalue weighted by Crippen LogP contribution is -1.92. The fourth-order valence-electron chi connectivity index (χ4n) is 1.83. The van der Waals surface area contributed by atoms with Crippen LogP contribution in [0.4, 0.5) is 5.69 Å². The van der Waals surface area contributed by atoms with Gasteiger partial charge in [0.15, 0.2) is 0 Å². The van der Waals surface area contributed by atoms with E-state index in [0.717, 1.165) is 10.0 Å². The Kier molecular flexibility index (Phi) is 3.89. The number of nitrogens with zero attached hydrogens (tertiary/aromatic N) is 2. The predicted octanol–water partition coefficient (Wildman–Crippen LogP) is 5.06. The van der Waals surface area contributed by atoms with Gasteiger partial charge >= 0.3 is 0 Å². The standard InChI is InChI=1S/C14H8BrCl2N3O/c15-8-3-1-7(2-4-8)13-19-14(21-20-13)11-9(16)5-6-10(17)12(11)18/h1-6H,18H2. The van der Waals surface area contributed by atoms with Crippen molar-refractivity contribution in [2.75, 3.05) is 5.73 Å². The molecule has 106 valence electrons. The Morgan fingerprint density at radius 1 is 1.00 bits per heavy atom. The quantitative estimate of drug-likeness (QED) is 0.627. The lowest BCUT2D eigenvalue weighted by atomic mass is 10.1. The normalized spacial score (nSPS) is 10.8. The first-order valence-electron chi connectivity index (χ1n) is 5.90. The van der Waals surface area contributed by atoms with Gasteiger partial charge in [-0.25, -0.2) is 0 Å². The van der Waals surface area contributed by atoms with Crippen LogP contribution in [-0.2, 0) is 0 Å². The average Bonchev–Trinajstić information content (AvgIpc) is 2.94. The molecule has 1 heterocycles. The van der Waals surface area contributed by atoms with E-state index in [2.05, 4.69) is 26.1 Å². The lowest BCUT2D eigenvalue weighted by Gasteiger charge is -2.04. The first-order valence-corrected chi connectivity index (χ1v) is 7.44. The zero-order valence-electron chi connectivity index (χ0n) is 10.5. The van der Waals surface area contributed by atoms with Gasteiger partial charge in [0.25, 0.3) is 5.89 Å². The van der Waals surface area contributed by atoms with Crippen molar-refractivity contribution in [2.45, 2.75) is 0 Å². The smallest absolute Gasteiger partial charge is 0.261 e. The third kappa shape index (κ3) is 2.77. The number of halogens is 3. The molecule has 4 nitrogen and oxygen atoms in total. The van der Waals surface area contributed by atoms with E-state index in [4.69, 9.17) is 33.5 Å². The Morgan fingerprint density at radius 2 is 1.67 bits per heavy atom. The third-order valence-corrected chi connectivity index (χ3v) is 4.06. The van der Waals surface area contributed by atoms with E-state index in [-0.39, 0.29) is 5.89 Å². The van der Waals surface area contributed by atoms with Crippen LogP contribution < -0.4 is 5.73 Å². The maximum Gasteiger partial charge on any atom is 0.261 e. The highest BCUT2D eigenvalue weighted by Crippen LogP contribution is 2.37. The van der Waals surface area contributed by atoms with Gasteiger partial charge in [-0.3, -0.25) is 0 Å². The first kappa shape index (κ1) is 14.4.